The van der Waals surface area contributed by atoms with Gasteiger partial charge >= 0.3 is 0 Å². The fourth-order valence-electron chi connectivity index (χ4n) is 1.73. The molecule has 0 atom stereocenters. The van der Waals surface area contributed by atoms with Crippen molar-refractivity contribution in [3.05, 3.63) is 11.6 Å². The maximum Gasteiger partial charge on any atom is 0.211 e. The molecule has 2 N–H and O–H groups in total. The molecule has 1 aliphatic rings. The number of sulfonamides is 1. The first kappa shape index (κ1) is 14.7. The lowest BCUT2D eigenvalue weighted by atomic mass is 10.1. The lowest BCUT2D eigenvalue weighted by Crippen LogP contribution is -2.29. The molecule has 1 aliphatic heterocycles. The van der Waals surface area contributed by atoms with E-state index >= 15 is 0 Å². The van der Waals surface area contributed by atoms with E-state index < -0.39 is 10.0 Å². The second kappa shape index (κ2) is 7.13. The summed E-state index contributed by atoms with van der Waals surface area (Å²) in [6.07, 6.45) is 4.75. The van der Waals surface area contributed by atoms with Gasteiger partial charge in [-0.3, -0.25) is 0 Å². The number of rotatable bonds is 7. The van der Waals surface area contributed by atoms with E-state index in [-0.39, 0.29) is 5.75 Å². The molecule has 0 saturated heterocycles. The van der Waals surface area contributed by atoms with Crippen LogP contribution in [0.15, 0.2) is 11.6 Å². The number of nitrogens with one attached hydrogen (secondary N) is 2. The van der Waals surface area contributed by atoms with E-state index in [4.69, 9.17) is 0 Å². The molecule has 0 bridgehead atoms. The second-order valence-corrected chi connectivity index (χ2v) is 6.89. The summed E-state index contributed by atoms with van der Waals surface area (Å²) >= 11 is 0. The quantitative estimate of drug-likeness (QED) is 0.678. The van der Waals surface area contributed by atoms with Gasteiger partial charge in [0.05, 0.1) is 5.75 Å². The van der Waals surface area contributed by atoms with Crippen molar-refractivity contribution in [3.8, 4) is 0 Å². The van der Waals surface area contributed by atoms with Crippen molar-refractivity contribution in [1.82, 2.24) is 10.0 Å². The van der Waals surface area contributed by atoms with Gasteiger partial charge in [-0.1, -0.05) is 25.5 Å². The minimum absolute atomic E-state index is 0.241. The Labute approximate surface area is 105 Å². The van der Waals surface area contributed by atoms with Crippen LogP contribution in [-0.4, -0.2) is 33.8 Å². The van der Waals surface area contributed by atoms with Gasteiger partial charge in [-0.15, -0.1) is 0 Å². The molecule has 0 aromatic carbocycles. The Morgan fingerprint density at radius 3 is 2.82 bits per heavy atom. The maximum atomic E-state index is 11.6. The van der Waals surface area contributed by atoms with E-state index in [1.807, 2.05) is 13.8 Å². The molecule has 4 nitrogen and oxygen atoms in total. The average Bonchev–Trinajstić information content (AvgIpc) is 2.28. The van der Waals surface area contributed by atoms with Gasteiger partial charge in [0.1, 0.15) is 0 Å². The summed E-state index contributed by atoms with van der Waals surface area (Å²) in [6.45, 7) is 6.53. The van der Waals surface area contributed by atoms with Crippen LogP contribution in [0, 0.1) is 5.92 Å². The highest BCUT2D eigenvalue weighted by molar-refractivity contribution is 7.89. The van der Waals surface area contributed by atoms with Gasteiger partial charge in [0, 0.05) is 13.1 Å². The predicted molar refractivity (Wildman–Crippen MR) is 71.4 cm³/mol. The molecule has 17 heavy (non-hydrogen) atoms. The molecule has 0 aromatic rings. The molecule has 100 valence electrons. The van der Waals surface area contributed by atoms with Crippen molar-refractivity contribution in [2.45, 2.75) is 33.1 Å². The van der Waals surface area contributed by atoms with Crippen molar-refractivity contribution in [2.75, 3.05) is 25.4 Å². The standard InChI is InChI=1S/C12H24N2O2S/c1-11(2)6-10-17(15,16)14-9-5-12-3-7-13-8-4-12/h3,11,13-14H,4-10H2,1-2H3. The molecule has 0 fully saturated rings. The fraction of sp³-hybridized carbons (Fsp3) is 0.833. The van der Waals surface area contributed by atoms with Crippen molar-refractivity contribution in [1.29, 1.82) is 0 Å². The summed E-state index contributed by atoms with van der Waals surface area (Å²) in [7, 11) is -3.07. The molecular weight excluding hydrogens is 236 g/mol. The van der Waals surface area contributed by atoms with Gasteiger partial charge in [0.25, 0.3) is 0 Å². The zero-order valence-electron chi connectivity index (χ0n) is 10.8. The van der Waals surface area contributed by atoms with E-state index in [2.05, 4.69) is 16.1 Å². The third kappa shape index (κ3) is 6.81. The van der Waals surface area contributed by atoms with Crippen LogP contribution in [0.25, 0.3) is 0 Å². The lowest BCUT2D eigenvalue weighted by molar-refractivity contribution is 0.560. The first-order valence-electron chi connectivity index (χ1n) is 6.35. The van der Waals surface area contributed by atoms with Crippen molar-refractivity contribution >= 4 is 10.0 Å². The first-order chi connectivity index (χ1) is 7.99. The fourth-order valence-corrected chi connectivity index (χ4v) is 3.07. The SMILES string of the molecule is CC(C)CCS(=O)(=O)NCCC1=CCNCC1. The monoisotopic (exact) mass is 260 g/mol. The Balaban J connectivity index is 2.22. The van der Waals surface area contributed by atoms with Crippen LogP contribution in [0.5, 0.6) is 0 Å². The van der Waals surface area contributed by atoms with Gasteiger partial charge in [-0.05, 0) is 31.7 Å². The average molecular weight is 260 g/mol. The highest BCUT2D eigenvalue weighted by atomic mass is 32.2. The molecule has 1 heterocycles. The van der Waals surface area contributed by atoms with Gasteiger partial charge in [-0.2, -0.15) is 0 Å². The van der Waals surface area contributed by atoms with Crippen molar-refractivity contribution < 1.29 is 8.42 Å². The maximum absolute atomic E-state index is 11.6. The Morgan fingerprint density at radius 1 is 1.47 bits per heavy atom. The second-order valence-electron chi connectivity index (χ2n) is 4.96. The Morgan fingerprint density at radius 2 is 2.24 bits per heavy atom. The molecule has 5 heteroatoms. The first-order valence-corrected chi connectivity index (χ1v) is 8.01. The lowest BCUT2D eigenvalue weighted by Gasteiger charge is -2.14. The molecule has 0 spiro atoms. The van der Waals surface area contributed by atoms with Gasteiger partial charge in [-0.25, -0.2) is 13.1 Å². The summed E-state index contributed by atoms with van der Waals surface area (Å²) in [4.78, 5) is 0. The number of hydrogen-bond donors (Lipinski definition) is 2. The predicted octanol–water partition coefficient (Wildman–Crippen LogP) is 1.26. The van der Waals surface area contributed by atoms with Crippen LogP contribution >= 0.6 is 0 Å². The molecule has 0 amide bonds. The highest BCUT2D eigenvalue weighted by Crippen LogP contribution is 2.08. The Hall–Kier alpha value is -0.390. The number of hydrogen-bond acceptors (Lipinski definition) is 3. The smallest absolute Gasteiger partial charge is 0.211 e. The van der Waals surface area contributed by atoms with Crippen LogP contribution in [-0.2, 0) is 10.0 Å². The summed E-state index contributed by atoms with van der Waals surface area (Å²) in [6, 6.07) is 0. The Kier molecular flexibility index (Phi) is 6.16. The molecular formula is C12H24N2O2S. The highest BCUT2D eigenvalue weighted by Gasteiger charge is 2.11. The molecule has 0 saturated carbocycles. The molecule has 0 aliphatic carbocycles. The zero-order chi connectivity index (χ0) is 12.7. The third-order valence-corrected chi connectivity index (χ3v) is 4.31. The minimum Gasteiger partial charge on any atom is -0.313 e. The van der Waals surface area contributed by atoms with E-state index in [0.29, 0.717) is 12.5 Å². The van der Waals surface area contributed by atoms with Crippen LogP contribution in [0.1, 0.15) is 33.1 Å². The summed E-state index contributed by atoms with van der Waals surface area (Å²) < 4.78 is 25.9. The van der Waals surface area contributed by atoms with Gasteiger partial charge in [0.2, 0.25) is 10.0 Å². The molecule has 0 radical (unpaired) electrons. The molecule has 1 rings (SSSR count). The minimum atomic E-state index is -3.07. The van der Waals surface area contributed by atoms with Crippen LogP contribution in [0.3, 0.4) is 0 Å². The summed E-state index contributed by atoms with van der Waals surface area (Å²) in [5.41, 5.74) is 1.36. The topological polar surface area (TPSA) is 58.2 Å². The van der Waals surface area contributed by atoms with Crippen LogP contribution in [0.2, 0.25) is 0 Å². The zero-order valence-corrected chi connectivity index (χ0v) is 11.6. The van der Waals surface area contributed by atoms with E-state index in [9.17, 15) is 8.42 Å². The van der Waals surface area contributed by atoms with Crippen molar-refractivity contribution in [2.24, 2.45) is 5.92 Å². The van der Waals surface area contributed by atoms with Gasteiger partial charge in [0.15, 0.2) is 0 Å². The van der Waals surface area contributed by atoms with Crippen molar-refractivity contribution in [3.63, 3.8) is 0 Å². The normalized spacial score (nSPS) is 17.2. The summed E-state index contributed by atoms with van der Waals surface area (Å²) in [5, 5.41) is 3.24. The third-order valence-electron chi connectivity index (χ3n) is 2.89. The van der Waals surface area contributed by atoms with Gasteiger partial charge < -0.3 is 5.32 Å². The largest absolute Gasteiger partial charge is 0.313 e. The van der Waals surface area contributed by atoms with E-state index in [1.54, 1.807) is 0 Å². The molecule has 0 aromatic heterocycles. The van der Waals surface area contributed by atoms with Crippen LogP contribution < -0.4 is 10.0 Å². The van der Waals surface area contributed by atoms with E-state index in [1.165, 1.54) is 5.57 Å². The summed E-state index contributed by atoms with van der Waals surface area (Å²) in [5.74, 6) is 0.671. The van der Waals surface area contributed by atoms with E-state index in [0.717, 1.165) is 32.4 Å². The Bertz CT molecular complexity index is 348. The van der Waals surface area contributed by atoms with Crippen LogP contribution in [0.4, 0.5) is 0 Å². The molecule has 0 unspecified atom stereocenters.